The Balaban J connectivity index is 2.52. The number of rotatable bonds is 6. The quantitative estimate of drug-likeness (QED) is 0.787. The molecule has 0 unspecified atom stereocenters. The molecule has 0 saturated heterocycles. The van der Waals surface area contributed by atoms with Gasteiger partial charge in [-0.15, -0.1) is 0 Å². The van der Waals surface area contributed by atoms with Crippen molar-refractivity contribution in [1.29, 1.82) is 0 Å². The highest BCUT2D eigenvalue weighted by Crippen LogP contribution is 2.30. The van der Waals surface area contributed by atoms with E-state index in [0.29, 0.717) is 11.1 Å². The number of hydrogen-bond donors (Lipinski definition) is 2. The first-order valence-electron chi connectivity index (χ1n) is 8.24. The van der Waals surface area contributed by atoms with Crippen LogP contribution >= 0.6 is 0 Å². The van der Waals surface area contributed by atoms with Gasteiger partial charge in [-0.25, -0.2) is 0 Å². The van der Waals surface area contributed by atoms with Gasteiger partial charge in [0.2, 0.25) is 0 Å². The van der Waals surface area contributed by atoms with Crippen LogP contribution in [0.15, 0.2) is 60.7 Å². The third-order valence-electron chi connectivity index (χ3n) is 4.80. The van der Waals surface area contributed by atoms with E-state index >= 15 is 0 Å². The van der Waals surface area contributed by atoms with Gasteiger partial charge in [0.15, 0.2) is 5.60 Å². The lowest BCUT2D eigenvalue weighted by atomic mass is 9.85. The van der Waals surface area contributed by atoms with Gasteiger partial charge in [0.25, 0.3) is 5.91 Å². The van der Waals surface area contributed by atoms with Gasteiger partial charge in [-0.2, -0.15) is 0 Å². The minimum absolute atomic E-state index is 0.477. The summed E-state index contributed by atoms with van der Waals surface area (Å²) in [5.74, 6) is -1.23. The third kappa shape index (κ3) is 3.58. The maximum absolute atomic E-state index is 13.3. The second-order valence-corrected chi connectivity index (χ2v) is 6.71. The predicted molar refractivity (Wildman–Crippen MR) is 99.8 cm³/mol. The third-order valence-corrected chi connectivity index (χ3v) is 4.80. The highest BCUT2D eigenvalue weighted by atomic mass is 16.3. The number of carbonyl (C=O) groups excluding carboxylic acids is 1. The Morgan fingerprint density at radius 1 is 0.840 bits per heavy atom. The van der Waals surface area contributed by atoms with Crippen LogP contribution in [0.25, 0.3) is 0 Å². The number of benzene rings is 2. The van der Waals surface area contributed by atoms with Crippen molar-refractivity contribution in [3.05, 3.63) is 71.8 Å². The number of hydrogen-bond acceptors (Lipinski definition) is 4. The Kier molecular flexibility index (Phi) is 5.62. The second-order valence-electron chi connectivity index (χ2n) is 6.71. The van der Waals surface area contributed by atoms with Crippen molar-refractivity contribution in [2.24, 2.45) is 0 Å². The molecule has 0 aliphatic rings. The summed E-state index contributed by atoms with van der Waals surface area (Å²) in [7, 11) is 7.52. The van der Waals surface area contributed by atoms with E-state index in [9.17, 15) is 9.90 Å². The predicted octanol–water partition coefficient (Wildman–Crippen LogP) is 1.84. The first-order chi connectivity index (χ1) is 11.7. The van der Waals surface area contributed by atoms with E-state index in [2.05, 4.69) is 5.32 Å². The van der Waals surface area contributed by atoms with Crippen LogP contribution in [0.1, 0.15) is 18.1 Å². The Morgan fingerprint density at radius 3 is 1.52 bits per heavy atom. The number of amides is 1. The van der Waals surface area contributed by atoms with Crippen molar-refractivity contribution < 1.29 is 9.90 Å². The fourth-order valence-electron chi connectivity index (χ4n) is 2.72. The second kappa shape index (κ2) is 7.35. The molecule has 2 N–H and O–H groups in total. The van der Waals surface area contributed by atoms with Gasteiger partial charge in [0, 0.05) is 0 Å². The van der Waals surface area contributed by atoms with Gasteiger partial charge in [0.05, 0.1) is 0 Å². The van der Waals surface area contributed by atoms with Crippen molar-refractivity contribution >= 4 is 5.91 Å². The zero-order chi connectivity index (χ0) is 18.7. The molecule has 5 nitrogen and oxygen atoms in total. The van der Waals surface area contributed by atoms with E-state index in [1.54, 1.807) is 24.3 Å². The van der Waals surface area contributed by atoms with Crippen LogP contribution in [0.4, 0.5) is 0 Å². The zero-order valence-electron chi connectivity index (χ0n) is 15.5. The topological polar surface area (TPSA) is 55.8 Å². The van der Waals surface area contributed by atoms with Crippen LogP contribution in [0.2, 0.25) is 0 Å². The molecule has 0 saturated carbocycles. The Labute approximate surface area is 149 Å². The molecule has 0 atom stereocenters. The SMILES string of the molecule is CN(C)C(C)(NC(=O)C(O)(c1ccccc1)c1ccccc1)N(C)C. The fourth-order valence-corrected chi connectivity index (χ4v) is 2.72. The lowest BCUT2D eigenvalue weighted by molar-refractivity contribution is -0.145. The van der Waals surface area contributed by atoms with Gasteiger partial charge < -0.3 is 10.4 Å². The van der Waals surface area contributed by atoms with Crippen LogP contribution in [-0.4, -0.2) is 54.8 Å². The Hall–Kier alpha value is -2.21. The average molecular weight is 341 g/mol. The highest BCUT2D eigenvalue weighted by molar-refractivity contribution is 5.90. The molecule has 0 spiro atoms. The molecule has 0 heterocycles. The van der Waals surface area contributed by atoms with Gasteiger partial charge >= 0.3 is 0 Å². The smallest absolute Gasteiger partial charge is 0.263 e. The first-order valence-corrected chi connectivity index (χ1v) is 8.24. The molecule has 25 heavy (non-hydrogen) atoms. The van der Waals surface area contributed by atoms with E-state index in [1.165, 1.54) is 0 Å². The molecule has 134 valence electrons. The van der Waals surface area contributed by atoms with E-state index in [1.807, 2.05) is 81.3 Å². The summed E-state index contributed by atoms with van der Waals surface area (Å²) >= 11 is 0. The van der Waals surface area contributed by atoms with Gasteiger partial charge in [-0.1, -0.05) is 60.7 Å². The summed E-state index contributed by atoms with van der Waals surface area (Å²) in [5.41, 5.74) is -0.729. The lowest BCUT2D eigenvalue weighted by Gasteiger charge is -2.44. The highest BCUT2D eigenvalue weighted by Gasteiger charge is 2.44. The number of nitrogens with one attached hydrogen (secondary N) is 1. The molecule has 0 aliphatic heterocycles. The molecule has 0 radical (unpaired) electrons. The zero-order valence-corrected chi connectivity index (χ0v) is 15.5. The molecule has 1 amide bonds. The summed E-state index contributed by atoms with van der Waals surface area (Å²) in [5, 5.41) is 14.5. The summed E-state index contributed by atoms with van der Waals surface area (Å²) in [6.07, 6.45) is 0. The number of nitrogens with zero attached hydrogens (tertiary/aromatic N) is 2. The van der Waals surface area contributed by atoms with E-state index in [0.717, 1.165) is 0 Å². The maximum atomic E-state index is 13.3. The van der Waals surface area contributed by atoms with Crippen LogP contribution < -0.4 is 5.32 Å². The molecule has 0 aliphatic carbocycles. The van der Waals surface area contributed by atoms with Gasteiger partial charge in [-0.05, 0) is 46.2 Å². The molecule has 2 rings (SSSR count). The van der Waals surface area contributed by atoms with E-state index in [4.69, 9.17) is 0 Å². The fraction of sp³-hybridized carbons (Fsp3) is 0.350. The minimum atomic E-state index is -1.78. The van der Waals surface area contributed by atoms with Crippen molar-refractivity contribution in [3.63, 3.8) is 0 Å². The largest absolute Gasteiger partial charge is 0.372 e. The molecular weight excluding hydrogens is 314 g/mol. The molecule has 0 bridgehead atoms. The van der Waals surface area contributed by atoms with Gasteiger partial charge in [0.1, 0.15) is 5.79 Å². The molecule has 5 heteroatoms. The molecule has 2 aromatic rings. The maximum Gasteiger partial charge on any atom is 0.263 e. The van der Waals surface area contributed by atoms with Crippen LogP contribution in [0.5, 0.6) is 0 Å². The van der Waals surface area contributed by atoms with Crippen molar-refractivity contribution in [2.75, 3.05) is 28.2 Å². The van der Waals surface area contributed by atoms with Gasteiger partial charge in [-0.3, -0.25) is 14.6 Å². The molecule has 2 aromatic carbocycles. The number of aliphatic hydroxyl groups is 1. The standard InChI is InChI=1S/C20H27N3O2/c1-19(22(2)3,23(4)5)21-18(24)20(25,16-12-8-6-9-13-16)17-14-10-7-11-15-17/h6-15,25H,1-5H3,(H,21,24). The molecule has 0 fully saturated rings. The van der Waals surface area contributed by atoms with Crippen molar-refractivity contribution in [2.45, 2.75) is 18.3 Å². The van der Waals surface area contributed by atoms with Crippen LogP contribution in [-0.2, 0) is 10.4 Å². The summed E-state index contributed by atoms with van der Waals surface area (Å²) < 4.78 is 0. The Morgan fingerprint density at radius 2 is 1.20 bits per heavy atom. The first kappa shape index (κ1) is 19.1. The molecule has 0 aromatic heterocycles. The summed E-state index contributed by atoms with van der Waals surface area (Å²) in [4.78, 5) is 17.1. The Bertz CT molecular complexity index is 652. The molecular formula is C20H27N3O2. The van der Waals surface area contributed by atoms with E-state index in [-0.39, 0.29) is 0 Å². The summed E-state index contributed by atoms with van der Waals surface area (Å²) in [6, 6.07) is 18.0. The average Bonchev–Trinajstić information content (AvgIpc) is 2.61. The van der Waals surface area contributed by atoms with Crippen LogP contribution in [0, 0.1) is 0 Å². The lowest BCUT2D eigenvalue weighted by Crippen LogP contribution is -2.67. The summed E-state index contributed by atoms with van der Waals surface area (Å²) in [6.45, 7) is 1.89. The van der Waals surface area contributed by atoms with Crippen LogP contribution in [0.3, 0.4) is 0 Å². The number of carbonyl (C=O) groups is 1. The minimum Gasteiger partial charge on any atom is -0.372 e. The monoisotopic (exact) mass is 341 g/mol. The van der Waals surface area contributed by atoms with Crippen molar-refractivity contribution in [3.8, 4) is 0 Å². The normalized spacial score (nSPS) is 12.5. The van der Waals surface area contributed by atoms with Crippen molar-refractivity contribution in [1.82, 2.24) is 15.1 Å². The van der Waals surface area contributed by atoms with E-state index < -0.39 is 17.3 Å².